The minimum atomic E-state index is -0.157. The van der Waals surface area contributed by atoms with Gasteiger partial charge in [0.05, 0.1) is 7.11 Å². The van der Waals surface area contributed by atoms with E-state index in [0.717, 1.165) is 23.4 Å². The van der Waals surface area contributed by atoms with E-state index >= 15 is 0 Å². The molecular formula is C25H29NO3. The lowest BCUT2D eigenvalue weighted by Crippen LogP contribution is -2.48. The van der Waals surface area contributed by atoms with Crippen LogP contribution in [-0.4, -0.2) is 19.6 Å². The molecule has 4 aliphatic carbocycles. The second-order valence-electron chi connectivity index (χ2n) is 9.29. The van der Waals surface area contributed by atoms with Crippen molar-refractivity contribution >= 4 is 11.6 Å². The Morgan fingerprint density at radius 3 is 2.21 bits per heavy atom. The van der Waals surface area contributed by atoms with Gasteiger partial charge in [-0.05, 0) is 91.5 Å². The maximum absolute atomic E-state index is 12.3. The molecule has 0 unspecified atom stereocenters. The number of benzene rings is 2. The minimum Gasteiger partial charge on any atom is -0.497 e. The lowest BCUT2D eigenvalue weighted by Gasteiger charge is -2.57. The number of amides is 1. The number of nitrogens with one attached hydrogen (secondary N) is 1. The van der Waals surface area contributed by atoms with Crippen LogP contribution in [0.2, 0.25) is 0 Å². The highest BCUT2D eigenvalue weighted by atomic mass is 16.5. The number of carbonyl (C=O) groups is 1. The van der Waals surface area contributed by atoms with Gasteiger partial charge in [-0.1, -0.05) is 18.2 Å². The van der Waals surface area contributed by atoms with Crippen LogP contribution in [0.25, 0.3) is 0 Å². The van der Waals surface area contributed by atoms with E-state index in [1.54, 1.807) is 13.2 Å². The molecule has 0 atom stereocenters. The summed E-state index contributed by atoms with van der Waals surface area (Å²) < 4.78 is 10.8. The van der Waals surface area contributed by atoms with Crippen LogP contribution in [0.5, 0.6) is 11.5 Å². The Kier molecular flexibility index (Phi) is 4.73. The first kappa shape index (κ1) is 18.5. The number of ether oxygens (including phenoxy) is 2. The van der Waals surface area contributed by atoms with E-state index in [4.69, 9.17) is 9.47 Å². The van der Waals surface area contributed by atoms with Gasteiger partial charge in [0.25, 0.3) is 5.91 Å². The van der Waals surface area contributed by atoms with Crippen molar-refractivity contribution in [1.29, 1.82) is 0 Å². The van der Waals surface area contributed by atoms with Crippen molar-refractivity contribution in [2.75, 3.05) is 19.0 Å². The topological polar surface area (TPSA) is 47.6 Å². The van der Waals surface area contributed by atoms with Crippen LogP contribution >= 0.6 is 0 Å². The Morgan fingerprint density at radius 1 is 0.966 bits per heavy atom. The van der Waals surface area contributed by atoms with Crippen LogP contribution in [-0.2, 0) is 10.2 Å². The summed E-state index contributed by atoms with van der Waals surface area (Å²) in [5.74, 6) is 3.99. The van der Waals surface area contributed by atoms with Gasteiger partial charge in [-0.2, -0.15) is 0 Å². The first-order valence-electron chi connectivity index (χ1n) is 10.8. The Bertz CT molecular complexity index is 854. The van der Waals surface area contributed by atoms with Gasteiger partial charge in [0.1, 0.15) is 11.5 Å². The molecule has 4 aliphatic rings. The standard InChI is InChI=1S/C25H29NO3/c1-28-22-3-2-4-23(12-22)29-16-24(27)26-21-7-5-20(6-8-21)25-13-17-9-18(14-25)11-19(10-17)15-25/h2-8,12,17-19H,9-11,13-16H2,1H3,(H,26,27). The minimum absolute atomic E-state index is 0.0239. The van der Waals surface area contributed by atoms with Gasteiger partial charge in [0, 0.05) is 11.8 Å². The molecule has 0 heterocycles. The number of hydrogen-bond acceptors (Lipinski definition) is 3. The van der Waals surface area contributed by atoms with Crippen molar-refractivity contribution in [1.82, 2.24) is 0 Å². The molecule has 0 spiro atoms. The highest BCUT2D eigenvalue weighted by molar-refractivity contribution is 5.91. The third-order valence-electron chi connectivity index (χ3n) is 7.23. The van der Waals surface area contributed by atoms with Gasteiger partial charge in [0.15, 0.2) is 6.61 Å². The Hall–Kier alpha value is -2.49. The molecule has 4 nitrogen and oxygen atoms in total. The second kappa shape index (κ2) is 7.40. The number of anilines is 1. The van der Waals surface area contributed by atoms with Gasteiger partial charge in [-0.15, -0.1) is 0 Å². The van der Waals surface area contributed by atoms with Crippen molar-refractivity contribution in [2.45, 2.75) is 43.9 Å². The summed E-state index contributed by atoms with van der Waals surface area (Å²) in [6.07, 6.45) is 8.46. The van der Waals surface area contributed by atoms with E-state index in [-0.39, 0.29) is 12.5 Å². The number of carbonyl (C=O) groups excluding carboxylic acids is 1. The van der Waals surface area contributed by atoms with Crippen LogP contribution < -0.4 is 14.8 Å². The molecule has 29 heavy (non-hydrogen) atoms. The monoisotopic (exact) mass is 391 g/mol. The van der Waals surface area contributed by atoms with Gasteiger partial charge < -0.3 is 14.8 Å². The quantitative estimate of drug-likeness (QED) is 0.738. The number of hydrogen-bond donors (Lipinski definition) is 1. The van der Waals surface area contributed by atoms with E-state index in [1.165, 1.54) is 44.1 Å². The van der Waals surface area contributed by atoms with Gasteiger partial charge in [-0.3, -0.25) is 4.79 Å². The van der Waals surface area contributed by atoms with E-state index in [2.05, 4.69) is 29.6 Å². The summed E-state index contributed by atoms with van der Waals surface area (Å²) in [5, 5.41) is 2.95. The maximum Gasteiger partial charge on any atom is 0.262 e. The highest BCUT2D eigenvalue weighted by Crippen LogP contribution is 2.60. The molecule has 0 aromatic heterocycles. The molecule has 4 saturated carbocycles. The summed E-state index contributed by atoms with van der Waals surface area (Å²) in [7, 11) is 1.61. The molecule has 0 saturated heterocycles. The molecular weight excluding hydrogens is 362 g/mol. The average molecular weight is 392 g/mol. The van der Waals surface area contributed by atoms with Crippen LogP contribution in [0.3, 0.4) is 0 Å². The SMILES string of the molecule is COc1cccc(OCC(=O)Nc2ccc(C34CC5CC(CC(C5)C3)C4)cc2)c1. The molecule has 0 radical (unpaired) electrons. The molecule has 2 aromatic rings. The largest absolute Gasteiger partial charge is 0.497 e. The fourth-order valence-corrected chi connectivity index (χ4v) is 6.41. The Morgan fingerprint density at radius 2 is 1.59 bits per heavy atom. The number of methoxy groups -OCH3 is 1. The zero-order valence-electron chi connectivity index (χ0n) is 17.0. The predicted octanol–water partition coefficient (Wildman–Crippen LogP) is 5.18. The molecule has 2 aromatic carbocycles. The van der Waals surface area contributed by atoms with Gasteiger partial charge in [-0.25, -0.2) is 0 Å². The average Bonchev–Trinajstić information content (AvgIpc) is 2.72. The second-order valence-corrected chi connectivity index (χ2v) is 9.29. The van der Waals surface area contributed by atoms with Crippen LogP contribution in [0.4, 0.5) is 5.69 Å². The molecule has 4 bridgehead atoms. The highest BCUT2D eigenvalue weighted by Gasteiger charge is 2.51. The van der Waals surface area contributed by atoms with E-state index in [1.807, 2.05) is 18.2 Å². The molecule has 1 amide bonds. The first-order chi connectivity index (χ1) is 14.1. The van der Waals surface area contributed by atoms with Crippen molar-refractivity contribution in [3.8, 4) is 11.5 Å². The normalized spacial score (nSPS) is 29.5. The summed E-state index contributed by atoms with van der Waals surface area (Å²) in [6, 6.07) is 15.9. The first-order valence-corrected chi connectivity index (χ1v) is 10.8. The van der Waals surface area contributed by atoms with Crippen LogP contribution in [0.1, 0.15) is 44.1 Å². The summed E-state index contributed by atoms with van der Waals surface area (Å²) in [6.45, 7) is -0.0239. The Balaban J connectivity index is 1.20. The van der Waals surface area contributed by atoms with Crippen LogP contribution in [0, 0.1) is 17.8 Å². The zero-order valence-corrected chi connectivity index (χ0v) is 17.0. The number of rotatable bonds is 6. The molecule has 152 valence electrons. The van der Waals surface area contributed by atoms with Gasteiger partial charge in [0.2, 0.25) is 0 Å². The predicted molar refractivity (Wildman–Crippen MR) is 113 cm³/mol. The molecule has 0 aliphatic heterocycles. The van der Waals surface area contributed by atoms with Crippen LogP contribution in [0.15, 0.2) is 48.5 Å². The summed E-state index contributed by atoms with van der Waals surface area (Å²) >= 11 is 0. The molecule has 6 rings (SSSR count). The lowest BCUT2D eigenvalue weighted by molar-refractivity contribution is -0.118. The Labute approximate surface area is 172 Å². The summed E-state index contributed by atoms with van der Waals surface area (Å²) in [4.78, 5) is 12.3. The van der Waals surface area contributed by atoms with Crippen molar-refractivity contribution < 1.29 is 14.3 Å². The van der Waals surface area contributed by atoms with E-state index < -0.39 is 0 Å². The van der Waals surface area contributed by atoms with Crippen molar-refractivity contribution in [2.24, 2.45) is 17.8 Å². The fourth-order valence-electron chi connectivity index (χ4n) is 6.41. The maximum atomic E-state index is 12.3. The fraction of sp³-hybridized carbons (Fsp3) is 0.480. The lowest BCUT2D eigenvalue weighted by atomic mass is 9.48. The smallest absolute Gasteiger partial charge is 0.262 e. The third-order valence-corrected chi connectivity index (χ3v) is 7.23. The summed E-state index contributed by atoms with van der Waals surface area (Å²) in [5.41, 5.74) is 2.70. The molecule has 4 heteroatoms. The van der Waals surface area contributed by atoms with Gasteiger partial charge >= 0.3 is 0 Å². The zero-order chi connectivity index (χ0) is 19.8. The molecule has 1 N–H and O–H groups in total. The van der Waals surface area contributed by atoms with Crippen molar-refractivity contribution in [3.63, 3.8) is 0 Å². The molecule has 4 fully saturated rings. The third kappa shape index (κ3) is 3.73. The van der Waals surface area contributed by atoms with Crippen molar-refractivity contribution in [3.05, 3.63) is 54.1 Å². The van der Waals surface area contributed by atoms with E-state index in [9.17, 15) is 4.79 Å². The van der Waals surface area contributed by atoms with E-state index in [0.29, 0.717) is 16.9 Å².